The number of ether oxygens (including phenoxy) is 2. The zero-order valence-corrected chi connectivity index (χ0v) is 19.1. The van der Waals surface area contributed by atoms with Gasteiger partial charge in [0.1, 0.15) is 18.8 Å². The molecule has 0 aliphatic heterocycles. The van der Waals surface area contributed by atoms with Crippen molar-refractivity contribution < 1.29 is 19.1 Å². The number of halogens is 5. The van der Waals surface area contributed by atoms with E-state index in [2.05, 4.69) is 6.58 Å². The number of esters is 2. The molecule has 0 radical (unpaired) electrons. The van der Waals surface area contributed by atoms with Gasteiger partial charge in [0.25, 0.3) is 0 Å². The van der Waals surface area contributed by atoms with Gasteiger partial charge in [-0.1, -0.05) is 55.6 Å². The van der Waals surface area contributed by atoms with Gasteiger partial charge in [-0.2, -0.15) is 0 Å². The summed E-state index contributed by atoms with van der Waals surface area (Å²) < 4.78 is 8.64. The third-order valence-corrected chi connectivity index (χ3v) is 9.26. The van der Waals surface area contributed by atoms with Crippen LogP contribution in [0.4, 0.5) is 0 Å². The average molecular weight is 480 g/mol. The number of carbonyl (C=O) groups is 2. The minimum atomic E-state index is -1.73. The van der Waals surface area contributed by atoms with Crippen molar-refractivity contribution in [3.63, 3.8) is 0 Å². The third-order valence-electron chi connectivity index (χ3n) is 5.56. The number of fused-ring (bicyclic) bond motifs is 2. The van der Waals surface area contributed by atoms with E-state index in [1.54, 1.807) is 6.92 Å². The third kappa shape index (κ3) is 3.15. The predicted octanol–water partition coefficient (Wildman–Crippen LogP) is 5.24. The second-order valence-corrected chi connectivity index (χ2v) is 9.82. The largest absolute Gasteiger partial charge is 0.462 e. The summed E-state index contributed by atoms with van der Waals surface area (Å²) in [5.74, 6) is -2.66. The van der Waals surface area contributed by atoms with Crippen molar-refractivity contribution in [3.8, 4) is 0 Å². The first-order chi connectivity index (χ1) is 12.4. The van der Waals surface area contributed by atoms with Gasteiger partial charge in [0.15, 0.2) is 19.5 Å². The zero-order chi connectivity index (χ0) is 20.8. The highest BCUT2D eigenvalue weighted by atomic mass is 35.5. The van der Waals surface area contributed by atoms with Crippen LogP contribution in [-0.2, 0) is 19.1 Å². The van der Waals surface area contributed by atoms with Gasteiger partial charge in [-0.25, -0.2) is 0 Å². The SMILES string of the molecule is C=C1[C+](Cl)C2(Cl)C(CC)C(C(=O)OCCOC(=O)C(C)CC)C1(Cl)C2(Cl)Cl. The summed E-state index contributed by atoms with van der Waals surface area (Å²) in [5.41, 5.74) is 0.223. The normalized spacial score (nSPS) is 35.3. The van der Waals surface area contributed by atoms with Gasteiger partial charge in [-0.15, -0.1) is 11.6 Å². The fourth-order valence-electron chi connectivity index (χ4n) is 3.78. The summed E-state index contributed by atoms with van der Waals surface area (Å²) in [6, 6.07) is 0. The molecule has 2 aliphatic carbocycles. The summed E-state index contributed by atoms with van der Waals surface area (Å²) in [6.07, 6.45) is 1.11. The van der Waals surface area contributed by atoms with Crippen LogP contribution in [0.5, 0.6) is 0 Å². The van der Waals surface area contributed by atoms with E-state index in [1.807, 2.05) is 13.8 Å². The molecule has 2 rings (SSSR count). The molecule has 2 saturated carbocycles. The van der Waals surface area contributed by atoms with Crippen LogP contribution < -0.4 is 0 Å². The van der Waals surface area contributed by atoms with E-state index in [4.69, 9.17) is 67.5 Å². The van der Waals surface area contributed by atoms with Gasteiger partial charge in [0.2, 0.25) is 0 Å². The Morgan fingerprint density at radius 2 is 1.74 bits per heavy atom. The van der Waals surface area contributed by atoms with Crippen molar-refractivity contribution >= 4 is 69.9 Å². The van der Waals surface area contributed by atoms with Crippen molar-refractivity contribution in [2.24, 2.45) is 17.8 Å². The highest BCUT2D eigenvalue weighted by Crippen LogP contribution is 2.78. The van der Waals surface area contributed by atoms with E-state index in [9.17, 15) is 9.59 Å². The Kier molecular flexibility index (Phi) is 6.92. The summed E-state index contributed by atoms with van der Waals surface area (Å²) in [7, 11) is 0. The molecule has 2 aliphatic rings. The van der Waals surface area contributed by atoms with E-state index in [0.29, 0.717) is 12.8 Å². The molecule has 152 valence electrons. The minimum absolute atomic E-state index is 0.0551. The number of carbonyl (C=O) groups excluding carboxylic acids is 2. The average Bonchev–Trinajstić information content (AvgIpc) is 2.83. The molecule has 5 atom stereocenters. The lowest BCUT2D eigenvalue weighted by Gasteiger charge is -2.34. The molecule has 5 unspecified atom stereocenters. The summed E-state index contributed by atoms with van der Waals surface area (Å²) in [5, 5.41) is 0.169. The van der Waals surface area contributed by atoms with Gasteiger partial charge in [0, 0.05) is 24.1 Å². The number of alkyl halides is 4. The number of allylic oxidation sites excluding steroid dienone is 1. The maximum atomic E-state index is 12.8. The van der Waals surface area contributed by atoms with Crippen molar-refractivity contribution in [2.75, 3.05) is 13.2 Å². The highest BCUT2D eigenvalue weighted by molar-refractivity contribution is 6.63. The lowest BCUT2D eigenvalue weighted by atomic mass is 9.75. The standard InChI is InChI=1S/C18H22Cl5O4/c1-5-9(3)14(24)26-7-8-27-15(25)12-11(6-2)17(21)13(19)10(4)16(12,20)18(17,22)23/h9,11-12H,4-8H2,1-3H3/q+1. The van der Waals surface area contributed by atoms with Crippen molar-refractivity contribution in [2.45, 2.75) is 47.7 Å². The molecule has 0 N–H and O–H groups in total. The van der Waals surface area contributed by atoms with Crippen LogP contribution in [0.1, 0.15) is 33.6 Å². The Balaban J connectivity index is 2.12. The summed E-state index contributed by atoms with van der Waals surface area (Å²) in [4.78, 5) is 21.5. The van der Waals surface area contributed by atoms with E-state index in [1.165, 1.54) is 0 Å². The minimum Gasteiger partial charge on any atom is -0.462 e. The first kappa shape index (κ1) is 23.3. The van der Waals surface area contributed by atoms with Crippen LogP contribution in [-0.4, -0.2) is 39.2 Å². The maximum Gasteiger partial charge on any atom is 0.311 e. The molecule has 0 aromatic heterocycles. The van der Waals surface area contributed by atoms with Gasteiger partial charge in [-0.05, 0) is 12.8 Å². The fourth-order valence-corrected chi connectivity index (χ4v) is 6.37. The topological polar surface area (TPSA) is 52.6 Å². The van der Waals surface area contributed by atoms with Crippen molar-refractivity contribution in [1.82, 2.24) is 0 Å². The molecular formula is C18H22Cl5O4+. The Labute approximate surface area is 184 Å². The van der Waals surface area contributed by atoms with Crippen LogP contribution in [0.3, 0.4) is 0 Å². The maximum absolute atomic E-state index is 12.8. The zero-order valence-electron chi connectivity index (χ0n) is 15.3. The predicted molar refractivity (Wildman–Crippen MR) is 108 cm³/mol. The summed E-state index contributed by atoms with van der Waals surface area (Å²) in [6.45, 7) is 9.16. The van der Waals surface area contributed by atoms with Crippen molar-refractivity contribution in [3.05, 3.63) is 17.5 Å². The quantitative estimate of drug-likeness (QED) is 0.217. The van der Waals surface area contributed by atoms with Gasteiger partial charge >= 0.3 is 11.9 Å². The Morgan fingerprint density at radius 1 is 1.19 bits per heavy atom. The number of hydrogen-bond donors (Lipinski definition) is 0. The summed E-state index contributed by atoms with van der Waals surface area (Å²) >= 11 is 32.9. The molecule has 27 heavy (non-hydrogen) atoms. The molecular weight excluding hydrogens is 457 g/mol. The first-order valence-corrected chi connectivity index (χ1v) is 10.6. The van der Waals surface area contributed by atoms with E-state index >= 15 is 0 Å². The van der Waals surface area contributed by atoms with E-state index in [-0.39, 0.29) is 36.1 Å². The molecule has 0 aromatic rings. The Morgan fingerprint density at radius 3 is 2.26 bits per heavy atom. The smallest absolute Gasteiger partial charge is 0.311 e. The fraction of sp³-hybridized carbons (Fsp3) is 0.722. The Bertz CT molecular complexity index is 639. The van der Waals surface area contributed by atoms with E-state index in [0.717, 1.165) is 0 Å². The lowest BCUT2D eigenvalue weighted by Crippen LogP contribution is -2.45. The van der Waals surface area contributed by atoms with Gasteiger partial charge < -0.3 is 9.47 Å². The molecule has 0 saturated heterocycles. The Hall–Kier alpha value is -0.000000000000000111. The molecule has 9 heteroatoms. The number of rotatable bonds is 7. The van der Waals surface area contributed by atoms with Crippen LogP contribution >= 0.6 is 58.0 Å². The molecule has 2 fully saturated rings. The van der Waals surface area contributed by atoms with E-state index < -0.39 is 31.9 Å². The molecule has 4 nitrogen and oxygen atoms in total. The second kappa shape index (κ2) is 8.02. The van der Waals surface area contributed by atoms with Gasteiger partial charge in [-0.3, -0.25) is 9.59 Å². The van der Waals surface area contributed by atoms with Crippen LogP contribution in [0.15, 0.2) is 12.2 Å². The molecule has 0 spiro atoms. The lowest BCUT2D eigenvalue weighted by molar-refractivity contribution is -0.158. The highest BCUT2D eigenvalue weighted by Gasteiger charge is 2.90. The van der Waals surface area contributed by atoms with Crippen LogP contribution in [0.25, 0.3) is 0 Å². The van der Waals surface area contributed by atoms with Crippen molar-refractivity contribution in [1.29, 1.82) is 0 Å². The molecule has 2 bridgehead atoms. The second-order valence-electron chi connectivity index (χ2n) is 6.93. The molecule has 0 heterocycles. The van der Waals surface area contributed by atoms with Gasteiger partial charge in [0.05, 0.1) is 11.8 Å². The first-order valence-electron chi connectivity index (χ1n) is 8.74. The number of hydrogen-bond acceptors (Lipinski definition) is 4. The molecule has 0 aromatic carbocycles. The molecule has 0 amide bonds. The van der Waals surface area contributed by atoms with Crippen LogP contribution in [0, 0.1) is 23.1 Å². The monoisotopic (exact) mass is 477 g/mol. The van der Waals surface area contributed by atoms with Crippen LogP contribution in [0.2, 0.25) is 0 Å².